The number of hydrogen-bond acceptors (Lipinski definition) is 5. The van der Waals surface area contributed by atoms with Crippen molar-refractivity contribution in [2.24, 2.45) is 0 Å². The van der Waals surface area contributed by atoms with Crippen LogP contribution in [0.2, 0.25) is 5.15 Å². The molecule has 6 nitrogen and oxygen atoms in total. The lowest BCUT2D eigenvalue weighted by Gasteiger charge is -2.19. The molecule has 3 atom stereocenters. The van der Waals surface area contributed by atoms with Gasteiger partial charge in [0.1, 0.15) is 17.7 Å². The van der Waals surface area contributed by atoms with E-state index in [1.54, 1.807) is 22.9 Å². The van der Waals surface area contributed by atoms with Crippen LogP contribution in [-0.4, -0.2) is 48.7 Å². The van der Waals surface area contributed by atoms with Gasteiger partial charge in [0.2, 0.25) is 0 Å². The Kier molecular flexibility index (Phi) is 3.02. The maximum absolute atomic E-state index is 10.0. The van der Waals surface area contributed by atoms with Crippen LogP contribution in [0, 0.1) is 0 Å². The van der Waals surface area contributed by atoms with Gasteiger partial charge < -0.3 is 19.9 Å². The molecule has 7 heteroatoms. The van der Waals surface area contributed by atoms with Crippen LogP contribution >= 0.6 is 11.6 Å². The highest BCUT2D eigenvalue weighted by Crippen LogP contribution is 2.32. The normalized spacial score (nSPS) is 26.9. The minimum absolute atomic E-state index is 0.288. The Balaban J connectivity index is 2.11. The molecule has 0 bridgehead atoms. The number of imidazole rings is 1. The maximum atomic E-state index is 10.0. The van der Waals surface area contributed by atoms with E-state index in [0.29, 0.717) is 16.6 Å². The number of aromatic nitrogens is 3. The molecule has 0 aromatic carbocycles. The van der Waals surface area contributed by atoms with Gasteiger partial charge in [0, 0.05) is 6.20 Å². The standard InChI is InChI=1S/C12H12ClN3O3/c13-12-9-7(1-2-14-12)16(5-15-9)8-3-6(4-17)10(18)11(8)19/h1-3,5,8,10-11,17-19H,4H2/t8?,10-,11+/m1/s1. The van der Waals surface area contributed by atoms with Gasteiger partial charge in [-0.15, -0.1) is 0 Å². The first-order valence-electron chi connectivity index (χ1n) is 5.78. The molecule has 1 aliphatic carbocycles. The first kappa shape index (κ1) is 12.6. The SMILES string of the molecule is OCC1=CC(n2cnc3c(Cl)nccc32)[C@H](O)[C@@H]1O. The Bertz CT molecular complexity index is 655. The second kappa shape index (κ2) is 4.57. The van der Waals surface area contributed by atoms with E-state index < -0.39 is 18.2 Å². The zero-order valence-electron chi connectivity index (χ0n) is 9.81. The number of fused-ring (bicyclic) bond motifs is 1. The number of rotatable bonds is 2. The van der Waals surface area contributed by atoms with Crippen molar-refractivity contribution in [3.05, 3.63) is 35.4 Å². The quantitative estimate of drug-likeness (QED) is 0.543. The Hall–Kier alpha value is -1.47. The number of aliphatic hydroxyl groups excluding tert-OH is 3. The predicted molar refractivity (Wildman–Crippen MR) is 68.8 cm³/mol. The van der Waals surface area contributed by atoms with E-state index in [1.807, 2.05) is 0 Å². The fourth-order valence-electron chi connectivity index (χ4n) is 2.38. The molecule has 0 radical (unpaired) electrons. The topological polar surface area (TPSA) is 91.4 Å². The maximum Gasteiger partial charge on any atom is 0.156 e. The van der Waals surface area contributed by atoms with Crippen molar-refractivity contribution >= 4 is 22.6 Å². The minimum Gasteiger partial charge on any atom is -0.392 e. The minimum atomic E-state index is -1.07. The third-order valence-corrected chi connectivity index (χ3v) is 3.67. The monoisotopic (exact) mass is 281 g/mol. The number of hydrogen-bond donors (Lipinski definition) is 3. The molecule has 0 saturated carbocycles. The highest BCUT2D eigenvalue weighted by atomic mass is 35.5. The molecule has 0 saturated heterocycles. The molecule has 0 fully saturated rings. The molecule has 3 N–H and O–H groups in total. The molecule has 2 aromatic heterocycles. The number of halogens is 1. The molecule has 19 heavy (non-hydrogen) atoms. The summed E-state index contributed by atoms with van der Waals surface area (Å²) in [6.07, 6.45) is 2.65. The van der Waals surface area contributed by atoms with Crippen LogP contribution in [0.25, 0.3) is 11.0 Å². The Labute approximate surface area is 113 Å². The van der Waals surface area contributed by atoms with Crippen LogP contribution in [0.15, 0.2) is 30.2 Å². The van der Waals surface area contributed by atoms with Gasteiger partial charge in [-0.3, -0.25) is 0 Å². The van der Waals surface area contributed by atoms with Crippen molar-refractivity contribution in [2.45, 2.75) is 18.2 Å². The lowest BCUT2D eigenvalue weighted by molar-refractivity contribution is 0.0288. The van der Waals surface area contributed by atoms with Crippen molar-refractivity contribution < 1.29 is 15.3 Å². The summed E-state index contributed by atoms with van der Waals surface area (Å²) < 4.78 is 1.71. The van der Waals surface area contributed by atoms with Crippen LogP contribution in [0.5, 0.6) is 0 Å². The lowest BCUT2D eigenvalue weighted by atomic mass is 10.1. The second-order valence-corrected chi connectivity index (χ2v) is 4.81. The van der Waals surface area contributed by atoms with Crippen molar-refractivity contribution in [1.82, 2.24) is 14.5 Å². The number of nitrogens with zero attached hydrogens (tertiary/aromatic N) is 3. The summed E-state index contributed by atoms with van der Waals surface area (Å²) in [5, 5.41) is 29.3. The second-order valence-electron chi connectivity index (χ2n) is 4.45. The molecule has 1 unspecified atom stereocenters. The average molecular weight is 282 g/mol. The molecule has 2 heterocycles. The Morgan fingerprint density at radius 3 is 2.79 bits per heavy atom. The lowest BCUT2D eigenvalue weighted by Crippen LogP contribution is -2.29. The third kappa shape index (κ3) is 1.84. The van der Waals surface area contributed by atoms with Crippen molar-refractivity contribution in [3.8, 4) is 0 Å². The fraction of sp³-hybridized carbons (Fsp3) is 0.333. The fourth-order valence-corrected chi connectivity index (χ4v) is 2.58. The molecule has 2 aromatic rings. The van der Waals surface area contributed by atoms with Crippen LogP contribution < -0.4 is 0 Å². The summed E-state index contributed by atoms with van der Waals surface area (Å²) in [5.74, 6) is 0. The molecule has 0 amide bonds. The molecular weight excluding hydrogens is 270 g/mol. The summed E-state index contributed by atoms with van der Waals surface area (Å²) in [4.78, 5) is 8.09. The van der Waals surface area contributed by atoms with Gasteiger partial charge in [0.15, 0.2) is 5.15 Å². The van der Waals surface area contributed by atoms with E-state index in [9.17, 15) is 10.2 Å². The predicted octanol–water partition coefficient (Wildman–Crippen LogP) is 0.280. The zero-order chi connectivity index (χ0) is 13.6. The smallest absolute Gasteiger partial charge is 0.156 e. The number of pyridine rings is 1. The van der Waals surface area contributed by atoms with Gasteiger partial charge in [0.05, 0.1) is 24.5 Å². The van der Waals surface area contributed by atoms with Gasteiger partial charge in [-0.2, -0.15) is 0 Å². The zero-order valence-corrected chi connectivity index (χ0v) is 10.6. The Morgan fingerprint density at radius 1 is 1.32 bits per heavy atom. The van der Waals surface area contributed by atoms with Crippen LogP contribution in [-0.2, 0) is 0 Å². The van der Waals surface area contributed by atoms with Gasteiger partial charge in [-0.05, 0) is 11.6 Å². The first-order chi connectivity index (χ1) is 9.13. The first-order valence-corrected chi connectivity index (χ1v) is 6.16. The van der Waals surface area contributed by atoms with Crippen LogP contribution in [0.3, 0.4) is 0 Å². The van der Waals surface area contributed by atoms with E-state index in [-0.39, 0.29) is 11.8 Å². The molecule has 100 valence electrons. The van der Waals surface area contributed by atoms with Crippen LogP contribution in [0.4, 0.5) is 0 Å². The largest absolute Gasteiger partial charge is 0.392 e. The molecule has 0 spiro atoms. The van der Waals surface area contributed by atoms with E-state index in [0.717, 1.165) is 0 Å². The van der Waals surface area contributed by atoms with Gasteiger partial charge in [-0.1, -0.05) is 17.7 Å². The van der Waals surface area contributed by atoms with E-state index >= 15 is 0 Å². The van der Waals surface area contributed by atoms with Crippen molar-refractivity contribution in [1.29, 1.82) is 0 Å². The summed E-state index contributed by atoms with van der Waals surface area (Å²) >= 11 is 5.94. The van der Waals surface area contributed by atoms with E-state index in [4.69, 9.17) is 16.7 Å². The van der Waals surface area contributed by atoms with Crippen LogP contribution in [0.1, 0.15) is 6.04 Å². The van der Waals surface area contributed by atoms with Gasteiger partial charge in [-0.25, -0.2) is 9.97 Å². The molecule has 0 aliphatic heterocycles. The van der Waals surface area contributed by atoms with Gasteiger partial charge >= 0.3 is 0 Å². The molecule has 1 aliphatic rings. The highest BCUT2D eigenvalue weighted by Gasteiger charge is 2.35. The summed E-state index contributed by atoms with van der Waals surface area (Å²) in [5.41, 5.74) is 1.66. The summed E-state index contributed by atoms with van der Waals surface area (Å²) in [6, 6.07) is 1.25. The van der Waals surface area contributed by atoms with Gasteiger partial charge in [0.25, 0.3) is 0 Å². The van der Waals surface area contributed by atoms with E-state index in [1.165, 1.54) is 6.33 Å². The highest BCUT2D eigenvalue weighted by molar-refractivity contribution is 6.33. The summed E-state index contributed by atoms with van der Waals surface area (Å²) in [6.45, 7) is -0.288. The van der Waals surface area contributed by atoms with Crippen molar-refractivity contribution in [3.63, 3.8) is 0 Å². The van der Waals surface area contributed by atoms with E-state index in [2.05, 4.69) is 9.97 Å². The number of aliphatic hydroxyl groups is 3. The average Bonchev–Trinajstić information content (AvgIpc) is 2.94. The molecular formula is C12H12ClN3O3. The van der Waals surface area contributed by atoms with Crippen molar-refractivity contribution in [2.75, 3.05) is 6.61 Å². The third-order valence-electron chi connectivity index (χ3n) is 3.39. The molecule has 3 rings (SSSR count). The summed E-state index contributed by atoms with van der Waals surface area (Å²) in [7, 11) is 0. The Morgan fingerprint density at radius 2 is 2.11 bits per heavy atom.